The van der Waals surface area contributed by atoms with Crippen molar-refractivity contribution in [2.75, 3.05) is 19.3 Å². The highest BCUT2D eigenvalue weighted by atomic mass is 32.2. The lowest BCUT2D eigenvalue weighted by Crippen LogP contribution is -2.41. The molecule has 0 aromatic carbocycles. The van der Waals surface area contributed by atoms with Crippen molar-refractivity contribution >= 4 is 27.3 Å². The normalized spacial score (nSPS) is 24.4. The molecule has 24 heavy (non-hydrogen) atoms. The van der Waals surface area contributed by atoms with Crippen molar-refractivity contribution < 1.29 is 13.2 Å². The van der Waals surface area contributed by atoms with E-state index in [1.54, 1.807) is 11.3 Å². The third-order valence-corrected chi connectivity index (χ3v) is 6.96. The topological polar surface area (TPSA) is 66.5 Å². The van der Waals surface area contributed by atoms with Crippen LogP contribution in [0.3, 0.4) is 0 Å². The van der Waals surface area contributed by atoms with E-state index in [4.69, 9.17) is 0 Å². The summed E-state index contributed by atoms with van der Waals surface area (Å²) in [7, 11) is -3.28. The molecule has 1 N–H and O–H groups in total. The minimum Gasteiger partial charge on any atom is -0.336 e. The number of nitrogens with one attached hydrogen (secondary N) is 1. The summed E-state index contributed by atoms with van der Waals surface area (Å²) >= 11 is 1.55. The quantitative estimate of drug-likeness (QED) is 0.884. The van der Waals surface area contributed by atoms with E-state index in [1.165, 1.54) is 23.8 Å². The van der Waals surface area contributed by atoms with E-state index in [2.05, 4.69) is 23.9 Å². The number of thiophene rings is 1. The number of hydrogen-bond donors (Lipinski definition) is 1. The van der Waals surface area contributed by atoms with Gasteiger partial charge in [-0.3, -0.25) is 4.79 Å². The Balaban J connectivity index is 1.80. The highest BCUT2D eigenvalue weighted by molar-refractivity contribution is 7.88. The lowest BCUT2D eigenvalue weighted by Gasteiger charge is -2.21. The molecule has 7 heteroatoms. The van der Waals surface area contributed by atoms with Gasteiger partial charge in [0.15, 0.2) is 0 Å². The van der Waals surface area contributed by atoms with Crippen molar-refractivity contribution in [2.45, 2.75) is 45.6 Å². The number of rotatable bonds is 4. The summed E-state index contributed by atoms with van der Waals surface area (Å²) in [6.45, 7) is 5.25. The molecule has 2 atom stereocenters. The van der Waals surface area contributed by atoms with Crippen LogP contribution in [0.2, 0.25) is 0 Å². The number of aryl methyl sites for hydroxylation is 1. The molecule has 2 aliphatic rings. The third-order valence-electron chi connectivity index (χ3n) is 5.17. The maximum absolute atomic E-state index is 13.0. The molecule has 2 unspecified atom stereocenters. The number of carbonyl (C=O) groups is 1. The van der Waals surface area contributed by atoms with E-state index in [0.29, 0.717) is 19.0 Å². The molecule has 2 heterocycles. The zero-order valence-electron chi connectivity index (χ0n) is 14.5. The Labute approximate surface area is 148 Å². The van der Waals surface area contributed by atoms with Crippen LogP contribution in [0.5, 0.6) is 0 Å². The number of amides is 1. The summed E-state index contributed by atoms with van der Waals surface area (Å²) in [5.74, 6) is 0.547. The molecule has 1 saturated heterocycles. The maximum Gasteiger partial charge on any atom is 0.264 e. The minimum absolute atomic E-state index is 0.0756. The molecule has 1 fully saturated rings. The Morgan fingerprint density at radius 3 is 2.67 bits per heavy atom. The van der Waals surface area contributed by atoms with E-state index in [0.717, 1.165) is 24.1 Å². The number of sulfonamides is 1. The third kappa shape index (κ3) is 3.68. The Morgan fingerprint density at radius 2 is 2.00 bits per heavy atom. The molecular weight excluding hydrogens is 344 g/mol. The molecule has 1 aliphatic heterocycles. The molecule has 1 amide bonds. The van der Waals surface area contributed by atoms with Crippen molar-refractivity contribution in [3.05, 3.63) is 21.4 Å². The minimum atomic E-state index is -3.28. The van der Waals surface area contributed by atoms with Gasteiger partial charge >= 0.3 is 0 Å². The van der Waals surface area contributed by atoms with Crippen LogP contribution < -0.4 is 4.72 Å². The van der Waals surface area contributed by atoms with Gasteiger partial charge in [-0.1, -0.05) is 13.8 Å². The summed E-state index contributed by atoms with van der Waals surface area (Å²) in [5, 5.41) is 2.13. The Kier molecular flexibility index (Phi) is 5.04. The van der Waals surface area contributed by atoms with Gasteiger partial charge in [0.2, 0.25) is 10.0 Å². The number of hydrogen-bond acceptors (Lipinski definition) is 4. The first-order valence-electron chi connectivity index (χ1n) is 8.62. The SMILES string of the molecule is CC(C)C1CN(C(=O)c2scc3c2CCCC3)CC1NS(C)(=O)=O. The van der Waals surface area contributed by atoms with Crippen molar-refractivity contribution in [1.29, 1.82) is 0 Å². The van der Waals surface area contributed by atoms with Gasteiger partial charge in [-0.05, 0) is 54.0 Å². The summed E-state index contributed by atoms with van der Waals surface area (Å²) in [5.41, 5.74) is 2.57. The second-order valence-corrected chi connectivity index (χ2v) is 10.0. The largest absolute Gasteiger partial charge is 0.336 e. The summed E-state index contributed by atoms with van der Waals surface area (Å²) in [6, 6.07) is -0.195. The summed E-state index contributed by atoms with van der Waals surface area (Å²) in [4.78, 5) is 15.7. The van der Waals surface area contributed by atoms with E-state index in [-0.39, 0.29) is 17.9 Å². The van der Waals surface area contributed by atoms with Gasteiger partial charge in [0, 0.05) is 19.1 Å². The summed E-state index contributed by atoms with van der Waals surface area (Å²) in [6.07, 6.45) is 5.61. The monoisotopic (exact) mass is 370 g/mol. The fraction of sp³-hybridized carbons (Fsp3) is 0.706. The van der Waals surface area contributed by atoms with E-state index in [1.807, 2.05) is 4.90 Å². The van der Waals surface area contributed by atoms with Gasteiger partial charge in [-0.15, -0.1) is 11.3 Å². The second kappa shape index (κ2) is 6.77. The molecule has 0 spiro atoms. The van der Waals surface area contributed by atoms with Crippen LogP contribution >= 0.6 is 11.3 Å². The van der Waals surface area contributed by atoms with Gasteiger partial charge in [0.05, 0.1) is 11.1 Å². The van der Waals surface area contributed by atoms with Crippen molar-refractivity contribution in [2.24, 2.45) is 11.8 Å². The average Bonchev–Trinajstić information content (AvgIpc) is 3.09. The Bertz CT molecular complexity index is 724. The molecule has 3 rings (SSSR count). The first-order chi connectivity index (χ1) is 11.3. The lowest BCUT2D eigenvalue weighted by molar-refractivity contribution is 0.0786. The predicted molar refractivity (Wildman–Crippen MR) is 97.0 cm³/mol. The predicted octanol–water partition coefficient (Wildman–Crippen LogP) is 2.27. The van der Waals surface area contributed by atoms with Crippen LogP contribution in [-0.4, -0.2) is 44.6 Å². The molecule has 0 saturated carbocycles. The Hall–Kier alpha value is -0.920. The zero-order valence-corrected chi connectivity index (χ0v) is 16.2. The number of fused-ring (bicyclic) bond motifs is 1. The average molecular weight is 371 g/mol. The fourth-order valence-corrected chi connectivity index (χ4v) is 5.84. The molecule has 5 nitrogen and oxygen atoms in total. The van der Waals surface area contributed by atoms with Crippen LogP contribution in [0.25, 0.3) is 0 Å². The second-order valence-electron chi connectivity index (χ2n) is 7.39. The molecule has 1 aliphatic carbocycles. The van der Waals surface area contributed by atoms with Crippen LogP contribution in [0.4, 0.5) is 0 Å². The van der Waals surface area contributed by atoms with E-state index >= 15 is 0 Å². The number of nitrogens with zero attached hydrogens (tertiary/aromatic N) is 1. The van der Waals surface area contributed by atoms with Gasteiger partial charge in [-0.25, -0.2) is 13.1 Å². The molecule has 0 radical (unpaired) electrons. The van der Waals surface area contributed by atoms with Crippen LogP contribution in [0, 0.1) is 11.8 Å². The van der Waals surface area contributed by atoms with Crippen molar-refractivity contribution in [1.82, 2.24) is 9.62 Å². The molecule has 1 aromatic heterocycles. The number of likely N-dealkylation sites (tertiary alicyclic amines) is 1. The van der Waals surface area contributed by atoms with Crippen LogP contribution in [0.1, 0.15) is 47.5 Å². The highest BCUT2D eigenvalue weighted by Gasteiger charge is 2.39. The van der Waals surface area contributed by atoms with Crippen molar-refractivity contribution in [3.8, 4) is 0 Å². The smallest absolute Gasteiger partial charge is 0.264 e. The summed E-state index contributed by atoms with van der Waals surface area (Å²) < 4.78 is 26.0. The maximum atomic E-state index is 13.0. The molecule has 1 aromatic rings. The van der Waals surface area contributed by atoms with Crippen LogP contribution in [0.15, 0.2) is 5.38 Å². The van der Waals surface area contributed by atoms with Gasteiger partial charge in [-0.2, -0.15) is 0 Å². The zero-order chi connectivity index (χ0) is 17.5. The van der Waals surface area contributed by atoms with Crippen molar-refractivity contribution in [3.63, 3.8) is 0 Å². The molecular formula is C17H26N2O3S2. The Morgan fingerprint density at radius 1 is 1.29 bits per heavy atom. The number of carbonyl (C=O) groups excluding carboxylic acids is 1. The van der Waals surface area contributed by atoms with Gasteiger partial charge < -0.3 is 4.90 Å². The molecule has 0 bridgehead atoms. The fourth-order valence-electron chi connectivity index (χ4n) is 3.91. The highest BCUT2D eigenvalue weighted by Crippen LogP contribution is 2.33. The van der Waals surface area contributed by atoms with Gasteiger partial charge in [0.25, 0.3) is 5.91 Å². The van der Waals surface area contributed by atoms with Gasteiger partial charge in [0.1, 0.15) is 0 Å². The first-order valence-corrected chi connectivity index (χ1v) is 11.4. The lowest BCUT2D eigenvalue weighted by atomic mass is 9.92. The van der Waals surface area contributed by atoms with E-state index in [9.17, 15) is 13.2 Å². The molecule has 134 valence electrons. The van der Waals surface area contributed by atoms with Crippen LogP contribution in [-0.2, 0) is 22.9 Å². The first kappa shape index (κ1) is 17.9. The standard InChI is InChI=1S/C17H26N2O3S2/c1-11(2)14-8-19(9-15(14)18-24(3,21)22)17(20)16-13-7-5-4-6-12(13)10-23-16/h10-11,14-15,18H,4-9H2,1-3H3. The van der Waals surface area contributed by atoms with E-state index < -0.39 is 10.0 Å².